The van der Waals surface area contributed by atoms with Crippen molar-refractivity contribution in [3.8, 4) is 0 Å². The zero-order valence-electron chi connectivity index (χ0n) is 13.5. The van der Waals surface area contributed by atoms with Gasteiger partial charge in [0.15, 0.2) is 0 Å². The molecule has 2 aromatic rings. The van der Waals surface area contributed by atoms with Gasteiger partial charge in [-0.25, -0.2) is 0 Å². The first kappa shape index (κ1) is 18.2. The van der Waals surface area contributed by atoms with Crippen molar-refractivity contribution in [2.75, 3.05) is 6.54 Å². The molecule has 4 nitrogen and oxygen atoms in total. The number of aryl methyl sites for hydroxylation is 1. The van der Waals surface area contributed by atoms with Crippen LogP contribution in [0.5, 0.6) is 0 Å². The van der Waals surface area contributed by atoms with Gasteiger partial charge in [0, 0.05) is 17.4 Å². The summed E-state index contributed by atoms with van der Waals surface area (Å²) in [6.45, 7) is 1.68. The number of hydrogen-bond donors (Lipinski definition) is 2. The molecule has 0 aliphatic heterocycles. The van der Waals surface area contributed by atoms with Gasteiger partial charge in [-0.05, 0) is 30.5 Å². The molecule has 0 spiro atoms. The summed E-state index contributed by atoms with van der Waals surface area (Å²) in [6.07, 6.45) is 0.912. The number of carbonyl (C=O) groups is 2. The number of nitrogens with one attached hydrogen (secondary N) is 1. The molecule has 0 aromatic heterocycles. The van der Waals surface area contributed by atoms with Crippen molar-refractivity contribution in [3.63, 3.8) is 0 Å². The molecule has 0 heterocycles. The maximum Gasteiger partial charge on any atom is 0.315 e. The van der Waals surface area contributed by atoms with E-state index < -0.39 is 11.4 Å². The largest absolute Gasteiger partial charge is 0.481 e. The van der Waals surface area contributed by atoms with E-state index in [1.54, 1.807) is 31.2 Å². The van der Waals surface area contributed by atoms with E-state index in [4.69, 9.17) is 0 Å². The van der Waals surface area contributed by atoms with Gasteiger partial charge in [-0.15, -0.1) is 0 Å². The molecule has 0 fully saturated rings. The number of carboxylic acid groups (broad SMARTS) is 1. The standard InChI is InChI=1S/C19H20BrNO3/c1-19(18(23)24,15-8-3-2-4-9-15)13-21-17(22)12-11-14-7-5-6-10-16(14)20/h2-10H,11-13H2,1H3,(H,21,22)(H,23,24). The Balaban J connectivity index is 1.96. The minimum absolute atomic E-state index is 0.0567. The Morgan fingerprint density at radius 2 is 1.71 bits per heavy atom. The van der Waals surface area contributed by atoms with Crippen molar-refractivity contribution in [2.45, 2.75) is 25.2 Å². The lowest BCUT2D eigenvalue weighted by atomic mass is 9.82. The van der Waals surface area contributed by atoms with Crippen LogP contribution in [0.3, 0.4) is 0 Å². The van der Waals surface area contributed by atoms with Crippen molar-refractivity contribution in [3.05, 3.63) is 70.2 Å². The number of carboxylic acids is 1. The normalized spacial score (nSPS) is 13.1. The predicted octanol–water partition coefficient (Wildman–Crippen LogP) is 3.54. The first-order valence-electron chi connectivity index (χ1n) is 7.72. The fraction of sp³-hybridized carbons (Fsp3) is 0.263. The molecule has 1 unspecified atom stereocenters. The van der Waals surface area contributed by atoms with Crippen LogP contribution in [0.4, 0.5) is 0 Å². The summed E-state index contributed by atoms with van der Waals surface area (Å²) in [4.78, 5) is 23.8. The number of hydrogen-bond acceptors (Lipinski definition) is 2. The quantitative estimate of drug-likeness (QED) is 0.760. The smallest absolute Gasteiger partial charge is 0.315 e. The third-order valence-electron chi connectivity index (χ3n) is 4.10. The SMILES string of the molecule is CC(CNC(=O)CCc1ccccc1Br)(C(=O)O)c1ccccc1. The van der Waals surface area contributed by atoms with E-state index in [0.717, 1.165) is 10.0 Å². The zero-order chi connectivity index (χ0) is 17.6. The molecule has 5 heteroatoms. The molecule has 2 N–H and O–H groups in total. The van der Waals surface area contributed by atoms with Gasteiger partial charge in [0.2, 0.25) is 5.91 Å². The lowest BCUT2D eigenvalue weighted by Gasteiger charge is -2.25. The monoisotopic (exact) mass is 389 g/mol. The fourth-order valence-electron chi connectivity index (χ4n) is 2.42. The first-order valence-corrected chi connectivity index (χ1v) is 8.52. The minimum atomic E-state index is -1.15. The molecular weight excluding hydrogens is 370 g/mol. The summed E-state index contributed by atoms with van der Waals surface area (Å²) in [7, 11) is 0. The highest BCUT2D eigenvalue weighted by atomic mass is 79.9. The molecule has 2 aromatic carbocycles. The van der Waals surface area contributed by atoms with Crippen LogP contribution in [0.1, 0.15) is 24.5 Å². The van der Waals surface area contributed by atoms with Crippen molar-refractivity contribution >= 4 is 27.8 Å². The van der Waals surface area contributed by atoms with Crippen LogP contribution in [-0.2, 0) is 21.4 Å². The molecule has 1 amide bonds. The van der Waals surface area contributed by atoms with Crippen molar-refractivity contribution in [1.82, 2.24) is 5.32 Å². The number of amides is 1. The van der Waals surface area contributed by atoms with Crippen LogP contribution in [-0.4, -0.2) is 23.5 Å². The fourth-order valence-corrected chi connectivity index (χ4v) is 2.90. The Kier molecular flexibility index (Phi) is 6.15. The van der Waals surface area contributed by atoms with Gasteiger partial charge >= 0.3 is 5.97 Å². The molecule has 0 saturated heterocycles. The number of carbonyl (C=O) groups excluding carboxylic acids is 1. The van der Waals surface area contributed by atoms with Gasteiger partial charge < -0.3 is 10.4 Å². The molecule has 0 aliphatic carbocycles. The predicted molar refractivity (Wildman–Crippen MR) is 96.9 cm³/mol. The average Bonchev–Trinajstić information content (AvgIpc) is 2.59. The number of aliphatic carboxylic acids is 1. The Bertz CT molecular complexity index is 718. The highest BCUT2D eigenvalue weighted by Gasteiger charge is 2.35. The third kappa shape index (κ3) is 4.45. The molecule has 1 atom stereocenters. The van der Waals surface area contributed by atoms with Crippen LogP contribution in [0.15, 0.2) is 59.1 Å². The molecule has 2 rings (SSSR count). The molecule has 0 bridgehead atoms. The molecule has 24 heavy (non-hydrogen) atoms. The van der Waals surface area contributed by atoms with E-state index in [-0.39, 0.29) is 12.5 Å². The van der Waals surface area contributed by atoms with E-state index in [1.165, 1.54) is 0 Å². The Labute approximate surface area is 150 Å². The van der Waals surface area contributed by atoms with Gasteiger partial charge in [-0.3, -0.25) is 9.59 Å². The van der Waals surface area contributed by atoms with Crippen LogP contribution in [0.2, 0.25) is 0 Å². The van der Waals surface area contributed by atoms with E-state index in [0.29, 0.717) is 18.4 Å². The van der Waals surface area contributed by atoms with Gasteiger partial charge in [0.25, 0.3) is 0 Å². The molecule has 0 saturated carbocycles. The number of halogens is 1. The average molecular weight is 390 g/mol. The summed E-state index contributed by atoms with van der Waals surface area (Å²) in [6, 6.07) is 16.7. The van der Waals surface area contributed by atoms with Crippen molar-refractivity contribution in [1.29, 1.82) is 0 Å². The van der Waals surface area contributed by atoms with Gasteiger partial charge in [0.05, 0.1) is 0 Å². The highest BCUT2D eigenvalue weighted by molar-refractivity contribution is 9.10. The maximum absolute atomic E-state index is 12.1. The second-order valence-corrected chi connectivity index (χ2v) is 6.73. The number of rotatable bonds is 7. The lowest BCUT2D eigenvalue weighted by molar-refractivity contribution is -0.143. The third-order valence-corrected chi connectivity index (χ3v) is 4.87. The Morgan fingerprint density at radius 1 is 1.08 bits per heavy atom. The van der Waals surface area contributed by atoms with E-state index in [9.17, 15) is 14.7 Å². The van der Waals surface area contributed by atoms with Gasteiger partial charge in [0.1, 0.15) is 5.41 Å². The van der Waals surface area contributed by atoms with Crippen LogP contribution < -0.4 is 5.32 Å². The maximum atomic E-state index is 12.1. The van der Waals surface area contributed by atoms with Gasteiger partial charge in [-0.2, -0.15) is 0 Å². The van der Waals surface area contributed by atoms with Crippen molar-refractivity contribution < 1.29 is 14.7 Å². The molecule has 0 radical (unpaired) electrons. The van der Waals surface area contributed by atoms with E-state index in [1.807, 2.05) is 30.3 Å². The van der Waals surface area contributed by atoms with Gasteiger partial charge in [-0.1, -0.05) is 64.5 Å². The topological polar surface area (TPSA) is 66.4 Å². The Hall–Kier alpha value is -2.14. The molecule has 0 aliphatic rings. The summed E-state index contributed by atoms with van der Waals surface area (Å²) in [5, 5.41) is 12.3. The first-order chi connectivity index (χ1) is 11.4. The minimum Gasteiger partial charge on any atom is -0.481 e. The lowest BCUT2D eigenvalue weighted by Crippen LogP contribution is -2.44. The second-order valence-electron chi connectivity index (χ2n) is 5.87. The van der Waals surface area contributed by atoms with E-state index in [2.05, 4.69) is 21.2 Å². The van der Waals surface area contributed by atoms with Crippen LogP contribution in [0.25, 0.3) is 0 Å². The molecular formula is C19H20BrNO3. The van der Waals surface area contributed by atoms with E-state index >= 15 is 0 Å². The Morgan fingerprint density at radius 3 is 2.33 bits per heavy atom. The van der Waals surface area contributed by atoms with Crippen LogP contribution >= 0.6 is 15.9 Å². The van der Waals surface area contributed by atoms with Crippen LogP contribution in [0, 0.1) is 0 Å². The highest BCUT2D eigenvalue weighted by Crippen LogP contribution is 2.23. The number of benzene rings is 2. The summed E-state index contributed by atoms with van der Waals surface area (Å²) in [5.74, 6) is -1.12. The summed E-state index contributed by atoms with van der Waals surface area (Å²) < 4.78 is 0.970. The summed E-state index contributed by atoms with van der Waals surface area (Å²) >= 11 is 3.46. The second kappa shape index (κ2) is 8.11. The summed E-state index contributed by atoms with van der Waals surface area (Å²) in [5.41, 5.74) is 0.574. The zero-order valence-corrected chi connectivity index (χ0v) is 15.0. The van der Waals surface area contributed by atoms with Crippen molar-refractivity contribution in [2.24, 2.45) is 0 Å². The molecule has 126 valence electrons.